The van der Waals surface area contributed by atoms with Gasteiger partial charge in [0.1, 0.15) is 31.5 Å². The first-order valence-corrected chi connectivity index (χ1v) is 16.3. The number of aromatic nitrogens is 1. The molecule has 0 spiro atoms. The fourth-order valence-electron chi connectivity index (χ4n) is 5.19. The van der Waals surface area contributed by atoms with Gasteiger partial charge in [0.25, 0.3) is 5.03 Å². The van der Waals surface area contributed by atoms with Crippen LogP contribution in [0.3, 0.4) is 0 Å². The predicted molar refractivity (Wildman–Crippen MR) is 164 cm³/mol. The van der Waals surface area contributed by atoms with E-state index in [1.807, 2.05) is 0 Å². The van der Waals surface area contributed by atoms with Gasteiger partial charge in [0, 0.05) is 60.6 Å². The van der Waals surface area contributed by atoms with Gasteiger partial charge in [-0.3, -0.25) is 33.6 Å². The largest absolute Gasteiger partial charge is 0.618 e. The molecule has 0 aliphatic carbocycles. The van der Waals surface area contributed by atoms with Crippen molar-refractivity contribution in [1.82, 2.24) is 0 Å². The third-order valence-electron chi connectivity index (χ3n) is 6.91. The van der Waals surface area contributed by atoms with Crippen LogP contribution < -0.4 is 4.73 Å². The maximum atomic E-state index is 12.6. The Kier molecular flexibility index (Phi) is 14.9. The van der Waals surface area contributed by atoms with Crippen molar-refractivity contribution in [3.05, 3.63) is 29.6 Å². The Morgan fingerprint density at radius 3 is 1.55 bits per heavy atom. The molecule has 0 unspecified atom stereocenters. The third-order valence-corrected chi connectivity index (χ3v) is 8.08. The summed E-state index contributed by atoms with van der Waals surface area (Å²) >= 11 is 0.799. The van der Waals surface area contributed by atoms with E-state index in [2.05, 4.69) is 0 Å². The lowest BCUT2D eigenvalue weighted by Crippen LogP contribution is -2.66. The first kappa shape index (κ1) is 40.9. The van der Waals surface area contributed by atoms with Gasteiger partial charge in [0.05, 0.1) is 0 Å². The average molecular weight is 746 g/mol. The molecule has 3 heterocycles. The zero-order valence-corrected chi connectivity index (χ0v) is 29.5. The topological polar surface area (TPSA) is 239 Å². The number of hydrogen-bond acceptors (Lipinski definition) is 19. The molecule has 0 saturated carbocycles. The van der Waals surface area contributed by atoms with E-state index in [1.54, 1.807) is 6.07 Å². The van der Waals surface area contributed by atoms with Crippen LogP contribution in [0, 0.1) is 5.21 Å². The average Bonchev–Trinajstić information content (AvgIpc) is 3.00. The van der Waals surface area contributed by atoms with Crippen molar-refractivity contribution in [3.63, 3.8) is 0 Å². The van der Waals surface area contributed by atoms with Gasteiger partial charge in [-0.25, -0.2) is 0 Å². The van der Waals surface area contributed by atoms with Crippen LogP contribution in [0.25, 0.3) is 0 Å². The van der Waals surface area contributed by atoms with E-state index in [0.717, 1.165) is 60.2 Å². The van der Waals surface area contributed by atoms with Crippen LogP contribution in [0.15, 0.2) is 29.4 Å². The Labute approximate surface area is 295 Å². The lowest BCUT2D eigenvalue weighted by Gasteiger charge is -2.48. The molecule has 51 heavy (non-hydrogen) atoms. The Bertz CT molecular complexity index is 1460. The van der Waals surface area contributed by atoms with Crippen molar-refractivity contribution in [1.29, 1.82) is 0 Å². The molecule has 1 aromatic rings. The molecule has 2 saturated heterocycles. The third kappa shape index (κ3) is 12.0. The van der Waals surface area contributed by atoms with Crippen molar-refractivity contribution < 1.29 is 85.7 Å². The monoisotopic (exact) mass is 745 g/mol. The van der Waals surface area contributed by atoms with Crippen LogP contribution >= 0.6 is 11.8 Å². The minimum Gasteiger partial charge on any atom is -0.618 e. The van der Waals surface area contributed by atoms with E-state index in [1.165, 1.54) is 18.3 Å². The van der Waals surface area contributed by atoms with Gasteiger partial charge in [-0.2, -0.15) is 4.73 Å². The van der Waals surface area contributed by atoms with Gasteiger partial charge < -0.3 is 52.6 Å². The highest BCUT2D eigenvalue weighted by atomic mass is 32.2. The summed E-state index contributed by atoms with van der Waals surface area (Å²) in [6, 6.07) is 4.50. The van der Waals surface area contributed by atoms with E-state index in [4.69, 9.17) is 47.4 Å². The maximum Gasteiger partial charge on any atom is 0.303 e. The zero-order valence-electron chi connectivity index (χ0n) is 28.7. The van der Waals surface area contributed by atoms with Crippen LogP contribution in [0.2, 0.25) is 0 Å². The highest BCUT2D eigenvalue weighted by Crippen LogP contribution is 2.39. The normalized spacial score (nSPS) is 28.7. The van der Waals surface area contributed by atoms with Gasteiger partial charge in [-0.15, -0.1) is 0 Å². The quantitative estimate of drug-likeness (QED) is 0.112. The summed E-state index contributed by atoms with van der Waals surface area (Å²) in [5.41, 5.74) is -1.28. The van der Waals surface area contributed by atoms with E-state index in [-0.39, 0.29) is 5.03 Å². The van der Waals surface area contributed by atoms with E-state index >= 15 is 0 Å². The van der Waals surface area contributed by atoms with Crippen LogP contribution in [0.1, 0.15) is 48.5 Å². The van der Waals surface area contributed by atoms with Crippen LogP contribution in [0.4, 0.5) is 0 Å². The van der Waals surface area contributed by atoms with Crippen LogP contribution in [-0.2, 0) is 80.9 Å². The second-order valence-electron chi connectivity index (χ2n) is 11.1. The molecule has 2 aliphatic heterocycles. The molecule has 0 radical (unpaired) electrons. The van der Waals surface area contributed by atoms with E-state index < -0.39 is 116 Å². The fourth-order valence-corrected chi connectivity index (χ4v) is 6.29. The standard InChI is InChI=1S/C31H39NO18S/c1-14(33)41-12-21-24(43-16(3)35)26(44-17(4)36)28(46-19(6)38)30(48-21)50-25-22(13-42-15(2)34)49-31(51-23-10-8-9-11-32(23)40)29(47-20(7)39)27(25)45-18(5)37/h8-11,21-22,24-31H,12-13H2,1-7H3/t21-,22-,24-,25-,26+,27+,28-,29-,30-,31+/m1/s1. The summed E-state index contributed by atoms with van der Waals surface area (Å²) in [6.45, 7) is 6.30. The lowest BCUT2D eigenvalue weighted by atomic mass is 9.96. The molecular weight excluding hydrogens is 706 g/mol. The maximum absolute atomic E-state index is 12.6. The molecule has 1 aromatic heterocycles. The highest BCUT2D eigenvalue weighted by Gasteiger charge is 2.57. The number of nitrogens with zero attached hydrogens (tertiary/aromatic N) is 1. The van der Waals surface area contributed by atoms with Crippen LogP contribution in [0.5, 0.6) is 0 Å². The molecular formula is C31H39NO18S. The van der Waals surface area contributed by atoms with Crippen molar-refractivity contribution in [2.75, 3.05) is 13.2 Å². The number of ether oxygens (including phenoxy) is 10. The summed E-state index contributed by atoms with van der Waals surface area (Å²) in [6.07, 6.45) is -12.9. The van der Waals surface area contributed by atoms with Crippen molar-refractivity contribution in [3.8, 4) is 0 Å². The van der Waals surface area contributed by atoms with Gasteiger partial charge in [0.15, 0.2) is 48.4 Å². The Morgan fingerprint density at radius 2 is 1.06 bits per heavy atom. The summed E-state index contributed by atoms with van der Waals surface area (Å²) < 4.78 is 56.9. The van der Waals surface area contributed by atoms with E-state index in [9.17, 15) is 38.8 Å². The van der Waals surface area contributed by atoms with E-state index in [0.29, 0.717) is 4.73 Å². The minimum absolute atomic E-state index is 0.0893. The molecule has 19 nitrogen and oxygen atoms in total. The number of carbonyl (C=O) groups is 7. The summed E-state index contributed by atoms with van der Waals surface area (Å²) in [7, 11) is 0. The number of pyridine rings is 1. The molecule has 0 N–H and O–H groups in total. The molecule has 10 atom stereocenters. The smallest absolute Gasteiger partial charge is 0.303 e. The number of thioether (sulfide) groups is 1. The number of esters is 7. The first-order valence-electron chi connectivity index (χ1n) is 15.4. The molecule has 20 heteroatoms. The van der Waals surface area contributed by atoms with Gasteiger partial charge >= 0.3 is 41.8 Å². The summed E-state index contributed by atoms with van der Waals surface area (Å²) in [4.78, 5) is 85.5. The van der Waals surface area contributed by atoms with Crippen LogP contribution in [-0.4, -0.2) is 116 Å². The van der Waals surface area contributed by atoms with Crippen molar-refractivity contribution in [2.45, 2.75) is 114 Å². The molecule has 3 rings (SSSR count). The lowest BCUT2D eigenvalue weighted by molar-refractivity contribution is -0.645. The van der Waals surface area contributed by atoms with Crippen molar-refractivity contribution >= 4 is 53.5 Å². The molecule has 0 aromatic carbocycles. The number of hydrogen-bond donors (Lipinski definition) is 0. The van der Waals surface area contributed by atoms with Gasteiger partial charge in [-0.1, -0.05) is 0 Å². The second-order valence-corrected chi connectivity index (χ2v) is 12.3. The predicted octanol–water partition coefficient (Wildman–Crippen LogP) is 0.0318. The van der Waals surface area contributed by atoms with Gasteiger partial charge in [0.2, 0.25) is 0 Å². The second kappa shape index (κ2) is 18.6. The Morgan fingerprint density at radius 1 is 0.608 bits per heavy atom. The highest BCUT2D eigenvalue weighted by molar-refractivity contribution is 7.99. The first-order chi connectivity index (χ1) is 24.0. The van der Waals surface area contributed by atoms with Crippen molar-refractivity contribution in [2.24, 2.45) is 0 Å². The summed E-state index contributed by atoms with van der Waals surface area (Å²) in [5.74, 6) is -5.94. The number of carbonyl (C=O) groups excluding carboxylic acids is 7. The SMILES string of the molecule is CC(=O)OC[C@H]1O[C@@H](Sc2cccc[n+]2[O-])[C@H](OC(C)=O)[C@@H](OC(C)=O)[C@@H]1O[C@H]1O[C@H](COC(C)=O)[C@@H](OC(C)=O)[C@H](OC(C)=O)[C@H]1OC(C)=O. The number of rotatable bonds is 13. The van der Waals surface area contributed by atoms with Gasteiger partial charge in [-0.05, 0) is 17.8 Å². The minimum atomic E-state index is -1.81. The Hall–Kier alpha value is -4.53. The molecule has 0 amide bonds. The molecule has 0 bridgehead atoms. The molecule has 2 aliphatic rings. The zero-order chi connectivity index (χ0) is 38.0. The fraction of sp³-hybridized carbons (Fsp3) is 0.613. The summed E-state index contributed by atoms with van der Waals surface area (Å²) in [5, 5.41) is 12.6. The molecule has 2 fully saturated rings. The Balaban J connectivity index is 2.18. The molecule has 282 valence electrons.